The average molecular weight is 837 g/mol. The Morgan fingerprint density at radius 3 is 1.11 bits per heavy atom. The minimum atomic E-state index is 1.14. The summed E-state index contributed by atoms with van der Waals surface area (Å²) in [5.41, 5.74) is 14.4. The first-order valence-corrected chi connectivity index (χ1v) is 22.8. The zero-order valence-corrected chi connectivity index (χ0v) is 36.0. The van der Waals surface area contributed by atoms with E-state index >= 15 is 0 Å². The van der Waals surface area contributed by atoms with Gasteiger partial charge >= 0.3 is 0 Å². The maximum absolute atomic E-state index is 2.47. The van der Waals surface area contributed by atoms with E-state index in [4.69, 9.17) is 0 Å². The van der Waals surface area contributed by atoms with E-state index < -0.39 is 0 Å². The third-order valence-corrected chi connectivity index (χ3v) is 14.1. The molecule has 66 heavy (non-hydrogen) atoms. The molecule has 0 aliphatic carbocycles. The number of para-hydroxylation sites is 4. The van der Waals surface area contributed by atoms with Crippen molar-refractivity contribution in [3.05, 3.63) is 243 Å². The standard InChI is InChI=1S/C64H40N2/c1-2-17-41(18-3-1)46-37-38-54(48-23-7-6-22-47(46)48)64-56-36-34-43(65-59-29-12-8-24-49(59)50-25-9-13-30-60(50)65)39-57(56)63(53-28-16-20-42-19-4-5-21-45(42)53)55-35-33-44(40-58(55)64)66-61-31-14-10-26-51(61)52-27-11-15-32-62(52)66/h1-40H. The topological polar surface area (TPSA) is 9.86 Å². The molecule has 0 amide bonds. The SMILES string of the molecule is c1ccc(-c2ccc(-c3c4ccc(-n5c6ccccc6c6ccccc65)cc4c(-c4cccc5ccccc45)c4ccc(-n5c6ccccc6c6ccccc65)cc34)c3ccccc23)cc1. The van der Waals surface area contributed by atoms with Gasteiger partial charge in [-0.25, -0.2) is 0 Å². The fraction of sp³-hybridized carbons (Fsp3) is 0. The maximum atomic E-state index is 2.47. The number of benzene rings is 12. The van der Waals surface area contributed by atoms with Crippen LogP contribution in [0.25, 0.3) is 131 Å². The molecular weight excluding hydrogens is 797 g/mol. The van der Waals surface area contributed by atoms with Crippen LogP contribution in [-0.4, -0.2) is 9.13 Å². The van der Waals surface area contributed by atoms with Crippen LogP contribution in [0.15, 0.2) is 243 Å². The largest absolute Gasteiger partial charge is 0.309 e. The fourth-order valence-electron chi connectivity index (χ4n) is 11.3. The highest BCUT2D eigenvalue weighted by molar-refractivity contribution is 6.26. The second kappa shape index (κ2) is 14.4. The van der Waals surface area contributed by atoms with Crippen LogP contribution in [0.3, 0.4) is 0 Å². The molecule has 0 aliphatic heterocycles. The van der Waals surface area contributed by atoms with Crippen molar-refractivity contribution in [3.8, 4) is 44.8 Å². The predicted molar refractivity (Wildman–Crippen MR) is 281 cm³/mol. The summed E-state index contributed by atoms with van der Waals surface area (Å²) in [5, 5.41) is 14.8. The molecule has 0 aliphatic rings. The Kier molecular flexibility index (Phi) is 8.02. The first-order chi connectivity index (χ1) is 32.8. The van der Waals surface area contributed by atoms with E-state index in [0.717, 1.165) is 11.4 Å². The summed E-state index contributed by atoms with van der Waals surface area (Å²) in [7, 11) is 0. The maximum Gasteiger partial charge on any atom is 0.0541 e. The van der Waals surface area contributed by atoms with Crippen LogP contribution in [0.2, 0.25) is 0 Å². The van der Waals surface area contributed by atoms with E-state index in [-0.39, 0.29) is 0 Å². The van der Waals surface area contributed by atoms with E-state index in [2.05, 4.69) is 252 Å². The van der Waals surface area contributed by atoms with Gasteiger partial charge in [0.1, 0.15) is 0 Å². The molecular formula is C64H40N2. The van der Waals surface area contributed by atoms with E-state index in [1.807, 2.05) is 0 Å². The Labute approximate surface area is 381 Å². The molecule has 0 saturated heterocycles. The monoisotopic (exact) mass is 836 g/mol. The number of hydrogen-bond donors (Lipinski definition) is 0. The third-order valence-electron chi connectivity index (χ3n) is 14.1. The van der Waals surface area contributed by atoms with Gasteiger partial charge in [-0.15, -0.1) is 0 Å². The highest BCUT2D eigenvalue weighted by Crippen LogP contribution is 2.49. The fourth-order valence-corrected chi connectivity index (χ4v) is 11.3. The molecule has 0 saturated carbocycles. The molecule has 14 rings (SSSR count). The van der Waals surface area contributed by atoms with Gasteiger partial charge < -0.3 is 9.13 Å². The minimum Gasteiger partial charge on any atom is -0.309 e. The van der Waals surface area contributed by atoms with Crippen LogP contribution in [-0.2, 0) is 0 Å². The van der Waals surface area contributed by atoms with Crippen molar-refractivity contribution in [2.24, 2.45) is 0 Å². The molecule has 0 N–H and O–H groups in total. The third kappa shape index (κ3) is 5.36. The van der Waals surface area contributed by atoms with E-state index in [1.54, 1.807) is 0 Å². The van der Waals surface area contributed by atoms with E-state index in [0.29, 0.717) is 0 Å². The Morgan fingerprint density at radius 2 is 0.591 bits per heavy atom. The lowest BCUT2D eigenvalue weighted by Crippen LogP contribution is -1.99. The summed E-state index contributed by atoms with van der Waals surface area (Å²) in [6.45, 7) is 0. The first-order valence-electron chi connectivity index (χ1n) is 22.8. The summed E-state index contributed by atoms with van der Waals surface area (Å²) >= 11 is 0. The van der Waals surface area contributed by atoms with Gasteiger partial charge in [-0.1, -0.05) is 194 Å². The quantitative estimate of drug-likeness (QED) is 0.153. The molecule has 2 heteroatoms. The van der Waals surface area contributed by atoms with Gasteiger partial charge in [0.25, 0.3) is 0 Å². The van der Waals surface area contributed by atoms with Gasteiger partial charge in [-0.2, -0.15) is 0 Å². The number of nitrogens with zero attached hydrogens (tertiary/aromatic N) is 2. The molecule has 14 aromatic rings. The molecule has 0 unspecified atom stereocenters. The van der Waals surface area contributed by atoms with Crippen molar-refractivity contribution in [2.75, 3.05) is 0 Å². The predicted octanol–water partition coefficient (Wildman–Crippen LogP) is 17.5. The van der Waals surface area contributed by atoms with Crippen molar-refractivity contribution in [2.45, 2.75) is 0 Å². The lowest BCUT2D eigenvalue weighted by molar-refractivity contribution is 1.18. The van der Waals surface area contributed by atoms with Gasteiger partial charge in [-0.05, 0) is 125 Å². The molecule has 2 aromatic heterocycles. The lowest BCUT2D eigenvalue weighted by atomic mass is 9.82. The highest BCUT2D eigenvalue weighted by Gasteiger charge is 2.23. The number of rotatable bonds is 5. The second-order valence-corrected chi connectivity index (χ2v) is 17.5. The molecule has 0 atom stereocenters. The summed E-state index contributed by atoms with van der Waals surface area (Å²) in [4.78, 5) is 0. The lowest BCUT2D eigenvalue weighted by Gasteiger charge is -2.22. The Balaban J connectivity index is 1.17. The van der Waals surface area contributed by atoms with Gasteiger partial charge in [0, 0.05) is 32.9 Å². The molecule has 306 valence electrons. The summed E-state index contributed by atoms with van der Waals surface area (Å²) < 4.78 is 4.91. The number of aromatic nitrogens is 2. The van der Waals surface area contributed by atoms with Crippen LogP contribution in [0.4, 0.5) is 0 Å². The second-order valence-electron chi connectivity index (χ2n) is 17.5. The van der Waals surface area contributed by atoms with Gasteiger partial charge in [-0.3, -0.25) is 0 Å². The van der Waals surface area contributed by atoms with Gasteiger partial charge in [0.05, 0.1) is 22.1 Å². The molecule has 0 spiro atoms. The van der Waals surface area contributed by atoms with Crippen molar-refractivity contribution in [3.63, 3.8) is 0 Å². The Hall–Kier alpha value is -8.72. The van der Waals surface area contributed by atoms with Crippen LogP contribution in [0, 0.1) is 0 Å². The molecule has 0 radical (unpaired) electrons. The Bertz CT molecular complexity index is 4170. The summed E-state index contributed by atoms with van der Waals surface area (Å²) in [5.74, 6) is 0. The van der Waals surface area contributed by atoms with Crippen LogP contribution >= 0.6 is 0 Å². The van der Waals surface area contributed by atoms with Crippen molar-refractivity contribution >= 4 is 86.7 Å². The highest BCUT2D eigenvalue weighted by atomic mass is 15.0. The molecule has 12 aromatic carbocycles. The van der Waals surface area contributed by atoms with Crippen molar-refractivity contribution in [1.29, 1.82) is 0 Å². The average Bonchev–Trinajstić information content (AvgIpc) is 3.91. The summed E-state index contributed by atoms with van der Waals surface area (Å²) in [6.07, 6.45) is 0. The van der Waals surface area contributed by atoms with Gasteiger partial charge in [0.15, 0.2) is 0 Å². The smallest absolute Gasteiger partial charge is 0.0541 e. The van der Waals surface area contributed by atoms with Crippen LogP contribution in [0.1, 0.15) is 0 Å². The van der Waals surface area contributed by atoms with Gasteiger partial charge in [0.2, 0.25) is 0 Å². The molecule has 2 nitrogen and oxygen atoms in total. The van der Waals surface area contributed by atoms with E-state index in [9.17, 15) is 0 Å². The minimum absolute atomic E-state index is 1.14. The first kappa shape index (κ1) is 36.7. The molecule has 0 bridgehead atoms. The van der Waals surface area contributed by atoms with Crippen LogP contribution < -0.4 is 0 Å². The van der Waals surface area contributed by atoms with Crippen LogP contribution in [0.5, 0.6) is 0 Å². The summed E-state index contributed by atoms with van der Waals surface area (Å²) in [6, 6.07) is 89.9. The van der Waals surface area contributed by atoms with Crippen molar-refractivity contribution < 1.29 is 0 Å². The number of hydrogen-bond acceptors (Lipinski definition) is 0. The molecule has 2 heterocycles. The molecule has 0 fully saturated rings. The van der Waals surface area contributed by atoms with Crippen molar-refractivity contribution in [1.82, 2.24) is 9.13 Å². The normalized spacial score (nSPS) is 11.9. The number of fused-ring (bicyclic) bond motifs is 10. The zero-order valence-electron chi connectivity index (χ0n) is 36.0. The van der Waals surface area contributed by atoms with E-state index in [1.165, 1.54) is 120 Å². The zero-order chi connectivity index (χ0) is 43.3. The Morgan fingerprint density at radius 1 is 0.212 bits per heavy atom.